The average Bonchev–Trinajstić information content (AvgIpc) is 2.87. The Morgan fingerprint density at radius 3 is 2.95 bits per heavy atom. The van der Waals surface area contributed by atoms with Crippen molar-refractivity contribution in [3.05, 3.63) is 48.0 Å². The van der Waals surface area contributed by atoms with Crippen molar-refractivity contribution in [2.24, 2.45) is 0 Å². The number of rotatable bonds is 4. The highest BCUT2D eigenvalue weighted by Gasteiger charge is 2.06. The number of benzene rings is 2. The van der Waals surface area contributed by atoms with Crippen molar-refractivity contribution in [3.8, 4) is 5.75 Å². The number of methoxy groups -OCH3 is 1. The van der Waals surface area contributed by atoms with E-state index in [4.69, 9.17) is 10.5 Å². The fourth-order valence-corrected chi connectivity index (χ4v) is 2.92. The number of aromatic amines is 1. The van der Waals surface area contributed by atoms with Gasteiger partial charge in [-0.1, -0.05) is 30.0 Å². The maximum absolute atomic E-state index is 5.76. The number of thioether (sulfide) groups is 1. The van der Waals surface area contributed by atoms with Crippen LogP contribution >= 0.6 is 11.8 Å². The van der Waals surface area contributed by atoms with Crippen LogP contribution in [0.2, 0.25) is 0 Å². The van der Waals surface area contributed by atoms with Gasteiger partial charge >= 0.3 is 0 Å². The normalized spacial score (nSPS) is 10.8. The standard InChI is InChI=1S/C15H15N3OS/c1-19-14-5-3-2-4-10(14)9-20-15-17-12-7-6-11(16)8-13(12)18-15/h2-8H,9,16H2,1H3,(H,17,18). The second kappa shape index (κ2) is 5.46. The van der Waals surface area contributed by atoms with Gasteiger partial charge in [0, 0.05) is 17.0 Å². The number of nitrogen functional groups attached to an aromatic ring is 1. The molecule has 0 aliphatic rings. The molecule has 0 saturated heterocycles. The van der Waals surface area contributed by atoms with E-state index in [0.717, 1.165) is 38.9 Å². The first-order valence-electron chi connectivity index (χ1n) is 6.26. The predicted molar refractivity (Wildman–Crippen MR) is 83.1 cm³/mol. The Hall–Kier alpha value is -2.14. The van der Waals surface area contributed by atoms with Crippen molar-refractivity contribution in [2.75, 3.05) is 12.8 Å². The van der Waals surface area contributed by atoms with Crippen LogP contribution in [0.5, 0.6) is 5.75 Å². The number of aromatic nitrogens is 2. The third kappa shape index (κ3) is 2.58. The Morgan fingerprint density at radius 1 is 1.25 bits per heavy atom. The van der Waals surface area contributed by atoms with Crippen LogP contribution in [0.15, 0.2) is 47.6 Å². The highest BCUT2D eigenvalue weighted by atomic mass is 32.2. The number of fused-ring (bicyclic) bond motifs is 1. The monoisotopic (exact) mass is 285 g/mol. The van der Waals surface area contributed by atoms with Gasteiger partial charge < -0.3 is 15.5 Å². The molecule has 0 saturated carbocycles. The minimum atomic E-state index is 0.738. The number of nitrogens with one attached hydrogen (secondary N) is 1. The molecular weight excluding hydrogens is 270 g/mol. The van der Waals surface area contributed by atoms with E-state index in [1.807, 2.05) is 36.4 Å². The number of imidazole rings is 1. The van der Waals surface area contributed by atoms with Crippen molar-refractivity contribution in [1.29, 1.82) is 0 Å². The van der Waals surface area contributed by atoms with E-state index in [-0.39, 0.29) is 0 Å². The van der Waals surface area contributed by atoms with E-state index >= 15 is 0 Å². The van der Waals surface area contributed by atoms with Crippen LogP contribution in [0, 0.1) is 0 Å². The van der Waals surface area contributed by atoms with Crippen LogP contribution < -0.4 is 10.5 Å². The van der Waals surface area contributed by atoms with Crippen molar-refractivity contribution in [1.82, 2.24) is 9.97 Å². The summed E-state index contributed by atoms with van der Waals surface area (Å²) < 4.78 is 5.35. The van der Waals surface area contributed by atoms with Crippen molar-refractivity contribution < 1.29 is 4.74 Å². The van der Waals surface area contributed by atoms with Gasteiger partial charge in [0.05, 0.1) is 18.1 Å². The summed E-state index contributed by atoms with van der Waals surface area (Å²) in [6, 6.07) is 13.7. The molecular formula is C15H15N3OS. The molecule has 0 radical (unpaired) electrons. The highest BCUT2D eigenvalue weighted by molar-refractivity contribution is 7.98. The van der Waals surface area contributed by atoms with E-state index in [1.165, 1.54) is 0 Å². The van der Waals surface area contributed by atoms with Crippen LogP contribution in [-0.2, 0) is 5.75 Å². The summed E-state index contributed by atoms with van der Waals surface area (Å²) in [5, 5.41) is 0.886. The Morgan fingerprint density at radius 2 is 2.10 bits per heavy atom. The van der Waals surface area contributed by atoms with E-state index in [0.29, 0.717) is 0 Å². The fourth-order valence-electron chi connectivity index (χ4n) is 2.04. The number of nitrogens with two attached hydrogens (primary N) is 1. The lowest BCUT2D eigenvalue weighted by molar-refractivity contribution is 0.411. The lowest BCUT2D eigenvalue weighted by atomic mass is 10.2. The van der Waals surface area contributed by atoms with Gasteiger partial charge in [0.25, 0.3) is 0 Å². The first-order chi connectivity index (χ1) is 9.76. The summed E-state index contributed by atoms with van der Waals surface area (Å²) >= 11 is 1.65. The molecule has 0 aliphatic carbocycles. The number of hydrogen-bond acceptors (Lipinski definition) is 4. The molecule has 4 nitrogen and oxygen atoms in total. The molecule has 0 unspecified atom stereocenters. The number of para-hydroxylation sites is 1. The maximum Gasteiger partial charge on any atom is 0.166 e. The Labute approximate surface area is 121 Å². The molecule has 3 N–H and O–H groups in total. The summed E-state index contributed by atoms with van der Waals surface area (Å²) in [7, 11) is 1.69. The van der Waals surface area contributed by atoms with E-state index < -0.39 is 0 Å². The smallest absolute Gasteiger partial charge is 0.166 e. The molecule has 3 rings (SSSR count). The van der Waals surface area contributed by atoms with Gasteiger partial charge in [0.1, 0.15) is 5.75 Å². The van der Waals surface area contributed by atoms with E-state index in [1.54, 1.807) is 18.9 Å². The molecule has 1 aromatic heterocycles. The molecule has 1 heterocycles. The molecule has 0 amide bonds. The quantitative estimate of drug-likeness (QED) is 0.569. The van der Waals surface area contributed by atoms with Gasteiger partial charge in [0.2, 0.25) is 0 Å². The molecule has 5 heteroatoms. The molecule has 2 aromatic carbocycles. The topological polar surface area (TPSA) is 63.9 Å². The second-order valence-electron chi connectivity index (χ2n) is 4.42. The largest absolute Gasteiger partial charge is 0.496 e. The van der Waals surface area contributed by atoms with E-state index in [2.05, 4.69) is 16.0 Å². The number of nitrogens with zero attached hydrogens (tertiary/aromatic N) is 1. The third-order valence-corrected chi connectivity index (χ3v) is 3.96. The lowest BCUT2D eigenvalue weighted by Gasteiger charge is -2.06. The third-order valence-electron chi connectivity index (χ3n) is 3.04. The van der Waals surface area contributed by atoms with Crippen LogP contribution in [0.3, 0.4) is 0 Å². The van der Waals surface area contributed by atoms with Gasteiger partial charge in [-0.2, -0.15) is 0 Å². The zero-order chi connectivity index (χ0) is 13.9. The van der Waals surface area contributed by atoms with Crippen LogP contribution in [0.1, 0.15) is 5.56 Å². The summed E-state index contributed by atoms with van der Waals surface area (Å²) in [5.74, 6) is 1.71. The minimum Gasteiger partial charge on any atom is -0.496 e. The summed E-state index contributed by atoms with van der Waals surface area (Å²) in [4.78, 5) is 7.81. The Bertz CT molecular complexity index is 739. The summed E-state index contributed by atoms with van der Waals surface area (Å²) in [5.41, 5.74) is 9.55. The van der Waals surface area contributed by atoms with E-state index in [9.17, 15) is 0 Å². The zero-order valence-electron chi connectivity index (χ0n) is 11.1. The first kappa shape index (κ1) is 12.9. The number of H-pyrrole nitrogens is 1. The van der Waals surface area contributed by atoms with Crippen LogP contribution in [-0.4, -0.2) is 17.1 Å². The SMILES string of the molecule is COc1ccccc1CSc1nc2ccc(N)cc2[nH]1. The first-order valence-corrected chi connectivity index (χ1v) is 7.25. The van der Waals surface area contributed by atoms with Crippen molar-refractivity contribution in [3.63, 3.8) is 0 Å². The highest BCUT2D eigenvalue weighted by Crippen LogP contribution is 2.27. The molecule has 20 heavy (non-hydrogen) atoms. The summed E-state index contributed by atoms with van der Waals surface area (Å²) in [6.45, 7) is 0. The van der Waals surface area contributed by atoms with Gasteiger partial charge in [-0.3, -0.25) is 0 Å². The second-order valence-corrected chi connectivity index (χ2v) is 5.38. The lowest BCUT2D eigenvalue weighted by Crippen LogP contribution is -1.89. The molecule has 3 aromatic rings. The minimum absolute atomic E-state index is 0.738. The van der Waals surface area contributed by atoms with Crippen LogP contribution in [0.25, 0.3) is 11.0 Å². The van der Waals surface area contributed by atoms with Crippen molar-refractivity contribution >= 4 is 28.5 Å². The van der Waals surface area contributed by atoms with Crippen LogP contribution in [0.4, 0.5) is 5.69 Å². The Kier molecular flexibility index (Phi) is 3.52. The average molecular weight is 285 g/mol. The van der Waals surface area contributed by atoms with Gasteiger partial charge in [-0.25, -0.2) is 4.98 Å². The molecule has 102 valence electrons. The Balaban J connectivity index is 1.79. The number of hydrogen-bond donors (Lipinski definition) is 2. The maximum atomic E-state index is 5.76. The molecule has 0 spiro atoms. The molecule has 0 fully saturated rings. The zero-order valence-corrected chi connectivity index (χ0v) is 11.9. The molecule has 0 bridgehead atoms. The number of anilines is 1. The van der Waals surface area contributed by atoms with Gasteiger partial charge in [-0.15, -0.1) is 0 Å². The van der Waals surface area contributed by atoms with Gasteiger partial charge in [0.15, 0.2) is 5.16 Å². The summed E-state index contributed by atoms with van der Waals surface area (Å²) in [6.07, 6.45) is 0. The predicted octanol–water partition coefficient (Wildman–Crippen LogP) is 3.45. The molecule has 0 aliphatic heterocycles. The number of ether oxygens (including phenoxy) is 1. The van der Waals surface area contributed by atoms with Crippen molar-refractivity contribution in [2.45, 2.75) is 10.9 Å². The molecule has 0 atom stereocenters. The fraction of sp³-hybridized carbons (Fsp3) is 0.133. The van der Waals surface area contributed by atoms with Gasteiger partial charge in [-0.05, 0) is 24.3 Å².